The lowest BCUT2D eigenvalue weighted by Gasteiger charge is -2.37. The van der Waals surface area contributed by atoms with Crippen molar-refractivity contribution in [2.24, 2.45) is 5.92 Å². The van der Waals surface area contributed by atoms with Crippen molar-refractivity contribution in [1.29, 1.82) is 0 Å². The average molecular weight is 538 g/mol. The van der Waals surface area contributed by atoms with E-state index in [0.717, 1.165) is 11.3 Å². The van der Waals surface area contributed by atoms with Gasteiger partial charge in [-0.2, -0.15) is 0 Å². The molecule has 6 rings (SSSR count). The second-order valence-electron chi connectivity index (χ2n) is 9.30. The lowest BCUT2D eigenvalue weighted by atomic mass is 9.64. The Morgan fingerprint density at radius 3 is 2.44 bits per heavy atom. The van der Waals surface area contributed by atoms with Crippen LogP contribution in [0.15, 0.2) is 66.7 Å². The number of nitrogens with zero attached hydrogens (tertiary/aromatic N) is 1. The summed E-state index contributed by atoms with van der Waals surface area (Å²) in [6.07, 6.45) is 3.80. The molecule has 1 amide bonds. The van der Waals surface area contributed by atoms with E-state index in [4.69, 9.17) is 34.8 Å². The number of nitrogens with one attached hydrogen (secondary N) is 1. The fourth-order valence-electron chi connectivity index (χ4n) is 6.16. The van der Waals surface area contributed by atoms with Crippen molar-refractivity contribution in [1.82, 2.24) is 0 Å². The third kappa shape index (κ3) is 3.06. The second-order valence-corrected chi connectivity index (χ2v) is 10.6. The zero-order valence-electron chi connectivity index (χ0n) is 19.0. The molecule has 1 saturated heterocycles. The van der Waals surface area contributed by atoms with E-state index in [9.17, 15) is 14.4 Å². The van der Waals surface area contributed by atoms with Crippen LogP contribution in [-0.2, 0) is 15.0 Å². The topological polar surface area (TPSA) is 66.5 Å². The molecule has 1 fully saturated rings. The third-order valence-electron chi connectivity index (χ3n) is 7.49. The molecule has 1 spiro atoms. The van der Waals surface area contributed by atoms with Gasteiger partial charge in [-0.1, -0.05) is 65.2 Å². The van der Waals surface area contributed by atoms with Crippen LogP contribution in [0, 0.1) is 5.92 Å². The van der Waals surface area contributed by atoms with Crippen LogP contribution in [0.2, 0.25) is 15.1 Å². The lowest BCUT2D eigenvalue weighted by Crippen LogP contribution is -2.51. The molecule has 36 heavy (non-hydrogen) atoms. The van der Waals surface area contributed by atoms with Crippen molar-refractivity contribution in [3.63, 3.8) is 0 Å². The van der Waals surface area contributed by atoms with Crippen LogP contribution in [-0.4, -0.2) is 29.6 Å². The van der Waals surface area contributed by atoms with Crippen molar-refractivity contribution in [3.8, 4) is 0 Å². The monoisotopic (exact) mass is 536 g/mol. The van der Waals surface area contributed by atoms with Gasteiger partial charge in [-0.25, -0.2) is 0 Å². The molecule has 3 aliphatic rings. The number of anilines is 2. The summed E-state index contributed by atoms with van der Waals surface area (Å²) in [6, 6.07) is 15.8. The number of fused-ring (bicyclic) bond motifs is 6. The van der Waals surface area contributed by atoms with Crippen LogP contribution < -0.4 is 10.2 Å². The summed E-state index contributed by atoms with van der Waals surface area (Å²) >= 11 is 18.8. The standard InChI is InChI=1S/C28H19Cl3N2O3/c1-14(34)25-24(26(35)18-9-7-17(30)13-20(18)31)28(19-4-2-3-5-21(19)32-27(28)36)23-11-6-15-12-16(29)8-10-22(15)33(23)25/h2-13,23-25H,1H3,(H,32,36)/t23-,24-,25-,28+/m1/s1. The molecular formula is C28H19Cl3N2O3. The maximum atomic E-state index is 14.4. The molecule has 1 N–H and O–H groups in total. The Balaban J connectivity index is 1.66. The number of hydrogen-bond donors (Lipinski definition) is 1. The Morgan fingerprint density at radius 2 is 1.69 bits per heavy atom. The summed E-state index contributed by atoms with van der Waals surface area (Å²) in [6.45, 7) is 1.46. The van der Waals surface area contributed by atoms with Gasteiger partial charge in [-0.3, -0.25) is 14.4 Å². The van der Waals surface area contributed by atoms with Crippen molar-refractivity contribution in [2.45, 2.75) is 24.4 Å². The van der Waals surface area contributed by atoms with E-state index in [1.165, 1.54) is 13.0 Å². The average Bonchev–Trinajstić information content (AvgIpc) is 3.31. The van der Waals surface area contributed by atoms with Crippen LogP contribution in [0.25, 0.3) is 6.08 Å². The highest BCUT2D eigenvalue weighted by Gasteiger charge is 2.69. The zero-order valence-corrected chi connectivity index (χ0v) is 21.2. The van der Waals surface area contributed by atoms with E-state index in [0.29, 0.717) is 21.3 Å². The number of rotatable bonds is 3. The minimum Gasteiger partial charge on any atom is -0.352 e. The van der Waals surface area contributed by atoms with Gasteiger partial charge in [0.05, 0.1) is 23.0 Å². The fraction of sp³-hybridized carbons (Fsp3) is 0.179. The molecule has 8 heteroatoms. The molecule has 0 radical (unpaired) electrons. The Kier molecular flexibility index (Phi) is 5.31. The van der Waals surface area contributed by atoms with Crippen LogP contribution >= 0.6 is 34.8 Å². The molecule has 5 nitrogen and oxygen atoms in total. The number of hydrogen-bond acceptors (Lipinski definition) is 4. The molecule has 3 heterocycles. The van der Waals surface area contributed by atoms with Gasteiger partial charge in [0.25, 0.3) is 0 Å². The van der Waals surface area contributed by atoms with Gasteiger partial charge in [-0.15, -0.1) is 0 Å². The van der Waals surface area contributed by atoms with Crippen molar-refractivity contribution >= 4 is 69.7 Å². The molecule has 0 aromatic heterocycles. The van der Waals surface area contributed by atoms with Gasteiger partial charge in [0, 0.05) is 27.0 Å². The molecule has 0 aliphatic carbocycles. The van der Waals surface area contributed by atoms with Gasteiger partial charge in [0.2, 0.25) is 5.91 Å². The van der Waals surface area contributed by atoms with Crippen LogP contribution in [0.4, 0.5) is 11.4 Å². The Hall–Kier alpha value is -3.12. The SMILES string of the molecule is CC(=O)[C@@H]1[C@H](C(=O)c2ccc(Cl)cc2Cl)[C@@]2(C(=O)Nc3ccccc32)[C@H]2C=Cc3cc(Cl)ccc3N12. The highest BCUT2D eigenvalue weighted by atomic mass is 35.5. The van der Waals surface area contributed by atoms with Crippen molar-refractivity contribution < 1.29 is 14.4 Å². The molecular weight excluding hydrogens is 519 g/mol. The number of Topliss-reactive ketones (excluding diaryl/α,β-unsaturated/α-hetero) is 2. The van der Waals surface area contributed by atoms with Gasteiger partial charge in [-0.05, 0) is 60.5 Å². The van der Waals surface area contributed by atoms with Crippen LogP contribution in [0.3, 0.4) is 0 Å². The van der Waals surface area contributed by atoms with E-state index in [1.54, 1.807) is 24.3 Å². The minimum atomic E-state index is -1.36. The van der Waals surface area contributed by atoms with E-state index in [2.05, 4.69) is 5.32 Å². The molecule has 0 unspecified atom stereocenters. The largest absolute Gasteiger partial charge is 0.352 e. The second kappa shape index (κ2) is 8.20. The Morgan fingerprint density at radius 1 is 0.972 bits per heavy atom. The minimum absolute atomic E-state index is 0.171. The lowest BCUT2D eigenvalue weighted by molar-refractivity contribution is -0.122. The maximum Gasteiger partial charge on any atom is 0.238 e. The Bertz CT molecular complexity index is 1520. The fourth-order valence-corrected chi connectivity index (χ4v) is 6.84. The highest BCUT2D eigenvalue weighted by Crippen LogP contribution is 2.58. The maximum absolute atomic E-state index is 14.4. The number of halogens is 3. The predicted octanol–water partition coefficient (Wildman–Crippen LogP) is 6.21. The molecule has 3 aliphatic heterocycles. The first-order chi connectivity index (χ1) is 17.2. The van der Waals surface area contributed by atoms with Gasteiger partial charge in [0.1, 0.15) is 5.41 Å². The van der Waals surface area contributed by atoms with Crippen molar-refractivity contribution in [2.75, 3.05) is 10.2 Å². The summed E-state index contributed by atoms with van der Waals surface area (Å²) in [5.74, 6) is -1.99. The van der Waals surface area contributed by atoms with Gasteiger partial charge in [0.15, 0.2) is 11.6 Å². The van der Waals surface area contributed by atoms with E-state index >= 15 is 0 Å². The van der Waals surface area contributed by atoms with Crippen LogP contribution in [0.1, 0.15) is 28.4 Å². The third-order valence-corrected chi connectivity index (χ3v) is 8.27. The summed E-state index contributed by atoms with van der Waals surface area (Å²) in [5, 5.41) is 4.08. The molecule has 0 saturated carbocycles. The number of carbonyl (C=O) groups is 3. The van der Waals surface area contributed by atoms with E-state index < -0.39 is 23.4 Å². The summed E-state index contributed by atoms with van der Waals surface area (Å²) in [4.78, 5) is 43.7. The smallest absolute Gasteiger partial charge is 0.238 e. The zero-order chi connectivity index (χ0) is 25.4. The molecule has 0 bridgehead atoms. The number of ketones is 2. The number of carbonyl (C=O) groups excluding carboxylic acids is 3. The predicted molar refractivity (Wildman–Crippen MR) is 142 cm³/mol. The summed E-state index contributed by atoms with van der Waals surface area (Å²) in [7, 11) is 0. The quantitative estimate of drug-likeness (QED) is 0.404. The number of para-hydroxylation sites is 1. The molecule has 3 aromatic rings. The Labute approximate surface area is 222 Å². The molecule has 4 atom stereocenters. The summed E-state index contributed by atoms with van der Waals surface area (Å²) < 4.78 is 0. The molecule has 180 valence electrons. The first-order valence-electron chi connectivity index (χ1n) is 11.4. The van der Waals surface area contributed by atoms with Crippen LogP contribution in [0.5, 0.6) is 0 Å². The van der Waals surface area contributed by atoms with E-state index in [-0.39, 0.29) is 28.1 Å². The van der Waals surface area contributed by atoms with Gasteiger partial charge < -0.3 is 10.2 Å². The number of amides is 1. The normalized spacial score (nSPS) is 25.4. The van der Waals surface area contributed by atoms with Crippen molar-refractivity contribution in [3.05, 3.63) is 98.5 Å². The number of benzene rings is 3. The van der Waals surface area contributed by atoms with E-state index in [1.807, 2.05) is 47.4 Å². The highest BCUT2D eigenvalue weighted by molar-refractivity contribution is 6.37. The van der Waals surface area contributed by atoms with Gasteiger partial charge >= 0.3 is 0 Å². The molecule has 3 aromatic carbocycles. The first kappa shape index (κ1) is 23.3. The first-order valence-corrected chi connectivity index (χ1v) is 12.6. The summed E-state index contributed by atoms with van der Waals surface area (Å²) in [5.41, 5.74) is 1.71.